The van der Waals surface area contributed by atoms with Crippen LogP contribution in [0.1, 0.15) is 45.6 Å². The molecule has 1 aromatic carbocycles. The van der Waals surface area contributed by atoms with E-state index in [-0.39, 0.29) is 17.4 Å². The van der Waals surface area contributed by atoms with E-state index >= 15 is 0 Å². The molecule has 2 saturated heterocycles. The Bertz CT molecular complexity index is 819. The van der Waals surface area contributed by atoms with Crippen LogP contribution in [-0.4, -0.2) is 67.3 Å². The van der Waals surface area contributed by atoms with Gasteiger partial charge in [-0.25, -0.2) is 9.69 Å². The van der Waals surface area contributed by atoms with E-state index in [4.69, 9.17) is 4.74 Å². The van der Waals surface area contributed by atoms with Gasteiger partial charge in [-0.15, -0.1) is 0 Å². The predicted octanol–water partition coefficient (Wildman–Crippen LogP) is 3.05. The highest BCUT2D eigenvalue weighted by atomic mass is 16.5. The molecule has 3 amide bonds. The number of imide groups is 1. The zero-order chi connectivity index (χ0) is 22.2. The van der Waals surface area contributed by atoms with E-state index in [2.05, 4.69) is 55.3 Å². The van der Waals surface area contributed by atoms with Crippen LogP contribution in [-0.2, 0) is 16.1 Å². The van der Waals surface area contributed by atoms with Gasteiger partial charge in [0.2, 0.25) is 0 Å². The van der Waals surface area contributed by atoms with Crippen molar-refractivity contribution in [1.29, 1.82) is 0 Å². The number of hydrogen-bond donors (Lipinski definition) is 1. The molecule has 0 radical (unpaired) electrons. The Morgan fingerprint density at radius 3 is 2.45 bits per heavy atom. The molecule has 0 aromatic heterocycles. The average molecular weight is 429 g/mol. The lowest BCUT2D eigenvalue weighted by Crippen LogP contribution is -2.54. The number of nitrogens with zero attached hydrogens (tertiary/aromatic N) is 3. The third-order valence-corrected chi connectivity index (χ3v) is 6.77. The maximum Gasteiger partial charge on any atom is 0.326 e. The number of rotatable bonds is 5. The van der Waals surface area contributed by atoms with Crippen LogP contribution in [0.4, 0.5) is 10.5 Å². The maximum atomic E-state index is 13.3. The summed E-state index contributed by atoms with van der Waals surface area (Å²) >= 11 is 0. The van der Waals surface area contributed by atoms with Gasteiger partial charge in [0.05, 0.1) is 19.9 Å². The number of hydrogen-bond acceptors (Lipinski definition) is 5. The molecule has 0 bridgehead atoms. The molecule has 3 aliphatic rings. The standard InChI is InChI=1S/C24H36N4O3/c1-18-13-23(2,3)16-24(14-18)21(29)28(22(30)25-24)17-26(4)15-19-5-7-20(8-6-19)27-9-11-31-12-10-27/h5-8,18H,9-17H2,1-4H3,(H,25,30)/t18-,24-/m1/s1. The van der Waals surface area contributed by atoms with Gasteiger partial charge in [-0.1, -0.05) is 32.9 Å². The third kappa shape index (κ3) is 4.72. The molecule has 1 N–H and O–H groups in total. The first-order chi connectivity index (χ1) is 14.7. The highest BCUT2D eigenvalue weighted by Crippen LogP contribution is 2.46. The van der Waals surface area contributed by atoms with Crippen molar-refractivity contribution >= 4 is 17.6 Å². The zero-order valence-electron chi connectivity index (χ0n) is 19.3. The number of anilines is 1. The number of carbonyl (C=O) groups is 2. The molecule has 1 aliphatic carbocycles. The van der Waals surface area contributed by atoms with Gasteiger partial charge in [0, 0.05) is 25.3 Å². The molecule has 4 rings (SSSR count). The predicted molar refractivity (Wildman–Crippen MR) is 121 cm³/mol. The molecular formula is C24H36N4O3. The topological polar surface area (TPSA) is 65.1 Å². The van der Waals surface area contributed by atoms with E-state index in [0.717, 1.165) is 44.7 Å². The van der Waals surface area contributed by atoms with E-state index in [9.17, 15) is 9.59 Å². The summed E-state index contributed by atoms with van der Waals surface area (Å²) < 4.78 is 5.42. The van der Waals surface area contributed by atoms with Crippen molar-refractivity contribution in [3.63, 3.8) is 0 Å². The van der Waals surface area contributed by atoms with Crippen molar-refractivity contribution < 1.29 is 14.3 Å². The lowest BCUT2D eigenvalue weighted by molar-refractivity contribution is -0.136. The number of amides is 3. The molecular weight excluding hydrogens is 392 g/mol. The van der Waals surface area contributed by atoms with Gasteiger partial charge in [-0.05, 0) is 55.3 Å². The summed E-state index contributed by atoms with van der Waals surface area (Å²) in [5.41, 5.74) is 1.68. The largest absolute Gasteiger partial charge is 0.378 e. The average Bonchev–Trinajstić information content (AvgIpc) is 2.91. The summed E-state index contributed by atoms with van der Waals surface area (Å²) in [5.74, 6) is 0.349. The third-order valence-electron chi connectivity index (χ3n) is 6.77. The summed E-state index contributed by atoms with van der Waals surface area (Å²) in [4.78, 5) is 31.8. The molecule has 3 fully saturated rings. The quantitative estimate of drug-likeness (QED) is 0.731. The molecule has 7 nitrogen and oxygen atoms in total. The Hall–Kier alpha value is -2.12. The molecule has 7 heteroatoms. The first-order valence-electron chi connectivity index (χ1n) is 11.4. The van der Waals surface area contributed by atoms with Crippen LogP contribution in [0.25, 0.3) is 0 Å². The van der Waals surface area contributed by atoms with Crippen molar-refractivity contribution in [3.05, 3.63) is 29.8 Å². The smallest absolute Gasteiger partial charge is 0.326 e. The molecule has 2 heterocycles. The Morgan fingerprint density at radius 1 is 1.13 bits per heavy atom. The minimum absolute atomic E-state index is 0.0464. The van der Waals surface area contributed by atoms with Crippen LogP contribution in [0.3, 0.4) is 0 Å². The van der Waals surface area contributed by atoms with Gasteiger partial charge in [0.25, 0.3) is 5.91 Å². The van der Waals surface area contributed by atoms with E-state index in [1.165, 1.54) is 10.6 Å². The van der Waals surface area contributed by atoms with E-state index in [1.807, 2.05) is 11.9 Å². The Balaban J connectivity index is 1.37. The first kappa shape index (κ1) is 22.1. The van der Waals surface area contributed by atoms with Crippen LogP contribution in [0.2, 0.25) is 0 Å². The van der Waals surface area contributed by atoms with Crippen LogP contribution in [0.15, 0.2) is 24.3 Å². The highest BCUT2D eigenvalue weighted by molar-refractivity contribution is 6.07. The van der Waals surface area contributed by atoms with Gasteiger partial charge in [-0.3, -0.25) is 9.69 Å². The van der Waals surface area contributed by atoms with E-state index in [1.54, 1.807) is 0 Å². The van der Waals surface area contributed by atoms with Gasteiger partial charge in [0.1, 0.15) is 5.54 Å². The minimum atomic E-state index is -0.737. The number of benzene rings is 1. The summed E-state index contributed by atoms with van der Waals surface area (Å²) in [6.45, 7) is 10.9. The monoisotopic (exact) mass is 428 g/mol. The maximum absolute atomic E-state index is 13.3. The molecule has 2 aliphatic heterocycles. The van der Waals surface area contributed by atoms with Crippen LogP contribution in [0, 0.1) is 11.3 Å². The van der Waals surface area contributed by atoms with Crippen LogP contribution in [0.5, 0.6) is 0 Å². The Kier molecular flexibility index (Phi) is 6.01. The second-order valence-electron chi connectivity index (χ2n) is 10.5. The fourth-order valence-corrected chi connectivity index (χ4v) is 5.87. The summed E-state index contributed by atoms with van der Waals surface area (Å²) in [5, 5.41) is 3.06. The lowest BCUT2D eigenvalue weighted by atomic mass is 9.64. The molecule has 2 atom stereocenters. The van der Waals surface area contributed by atoms with Crippen molar-refractivity contribution in [2.24, 2.45) is 11.3 Å². The summed E-state index contributed by atoms with van der Waals surface area (Å²) in [6.07, 6.45) is 2.51. The van der Waals surface area contributed by atoms with Gasteiger partial charge >= 0.3 is 6.03 Å². The molecule has 1 aromatic rings. The SMILES string of the molecule is C[C@@H]1CC(C)(C)C[C@@]2(C1)NC(=O)N(CN(C)Cc1ccc(N3CCOCC3)cc1)C2=O. The molecule has 1 saturated carbocycles. The van der Waals surface area contributed by atoms with Crippen molar-refractivity contribution in [2.75, 3.05) is 44.9 Å². The Morgan fingerprint density at radius 2 is 1.81 bits per heavy atom. The fraction of sp³-hybridized carbons (Fsp3) is 0.667. The number of ether oxygens (including phenoxy) is 1. The second-order valence-corrected chi connectivity index (χ2v) is 10.5. The van der Waals surface area contributed by atoms with Gasteiger partial charge < -0.3 is 15.0 Å². The minimum Gasteiger partial charge on any atom is -0.378 e. The zero-order valence-corrected chi connectivity index (χ0v) is 19.3. The van der Waals surface area contributed by atoms with E-state index in [0.29, 0.717) is 25.6 Å². The van der Waals surface area contributed by atoms with Crippen LogP contribution >= 0.6 is 0 Å². The van der Waals surface area contributed by atoms with Gasteiger partial charge in [0.15, 0.2) is 0 Å². The number of urea groups is 1. The number of nitrogens with one attached hydrogen (secondary N) is 1. The van der Waals surface area contributed by atoms with Crippen LogP contribution < -0.4 is 10.2 Å². The summed E-state index contributed by atoms with van der Waals surface area (Å²) in [7, 11) is 1.95. The first-order valence-corrected chi connectivity index (χ1v) is 11.4. The van der Waals surface area contributed by atoms with Crippen molar-refractivity contribution in [2.45, 2.75) is 52.1 Å². The number of morpholine rings is 1. The molecule has 1 spiro atoms. The molecule has 170 valence electrons. The number of carbonyl (C=O) groups excluding carboxylic acids is 2. The van der Waals surface area contributed by atoms with Crippen molar-refractivity contribution in [3.8, 4) is 0 Å². The second kappa shape index (κ2) is 8.43. The fourth-order valence-electron chi connectivity index (χ4n) is 5.87. The molecule has 31 heavy (non-hydrogen) atoms. The Labute approximate surface area is 185 Å². The summed E-state index contributed by atoms with van der Waals surface area (Å²) in [6, 6.07) is 8.27. The van der Waals surface area contributed by atoms with Gasteiger partial charge in [-0.2, -0.15) is 0 Å². The highest BCUT2D eigenvalue weighted by Gasteiger charge is 2.56. The normalized spacial score (nSPS) is 28.5. The lowest BCUT2D eigenvalue weighted by Gasteiger charge is -2.43. The van der Waals surface area contributed by atoms with Crippen molar-refractivity contribution in [1.82, 2.24) is 15.1 Å². The molecule has 0 unspecified atom stereocenters. The van der Waals surface area contributed by atoms with E-state index < -0.39 is 5.54 Å².